The molecule has 1 saturated heterocycles. The molecule has 0 saturated carbocycles. The normalized spacial score (nSPS) is 21.2. The van der Waals surface area contributed by atoms with Crippen molar-refractivity contribution in [1.82, 2.24) is 5.32 Å². The minimum absolute atomic E-state index is 0.459. The summed E-state index contributed by atoms with van der Waals surface area (Å²) >= 11 is 0. The van der Waals surface area contributed by atoms with Crippen molar-refractivity contribution in [3.63, 3.8) is 0 Å². The summed E-state index contributed by atoms with van der Waals surface area (Å²) in [6, 6.07) is 0.751. The average Bonchev–Trinajstić information content (AvgIpc) is 2.24. The van der Waals surface area contributed by atoms with Crippen molar-refractivity contribution in [3.05, 3.63) is 0 Å². The Morgan fingerprint density at radius 1 is 0.929 bits per heavy atom. The molecule has 0 amide bonds. The SMILES string of the molecule is CC.CC.CC(C)(C)C1CCCCN1. The fourth-order valence-corrected chi connectivity index (χ4v) is 1.59. The van der Waals surface area contributed by atoms with E-state index < -0.39 is 0 Å². The minimum atomic E-state index is 0.459. The van der Waals surface area contributed by atoms with Crippen LogP contribution < -0.4 is 5.32 Å². The Labute approximate surface area is 91.7 Å². The van der Waals surface area contributed by atoms with Crippen molar-refractivity contribution in [2.75, 3.05) is 6.54 Å². The molecule has 0 bridgehead atoms. The van der Waals surface area contributed by atoms with E-state index in [0.717, 1.165) is 6.04 Å². The molecule has 1 heteroatoms. The molecular weight excluding hydrogens is 170 g/mol. The second kappa shape index (κ2) is 9.51. The predicted octanol–water partition coefficient (Wildman–Crippen LogP) is 4.23. The molecule has 14 heavy (non-hydrogen) atoms. The van der Waals surface area contributed by atoms with Gasteiger partial charge in [-0.3, -0.25) is 0 Å². The summed E-state index contributed by atoms with van der Waals surface area (Å²) in [7, 11) is 0. The third-order valence-corrected chi connectivity index (χ3v) is 2.36. The van der Waals surface area contributed by atoms with Crippen LogP contribution in [0.4, 0.5) is 0 Å². The molecule has 1 aliphatic rings. The summed E-state index contributed by atoms with van der Waals surface area (Å²) in [5.41, 5.74) is 0.459. The highest BCUT2D eigenvalue weighted by atomic mass is 14.9. The molecule has 1 rings (SSSR count). The van der Waals surface area contributed by atoms with E-state index in [4.69, 9.17) is 0 Å². The van der Waals surface area contributed by atoms with Crippen LogP contribution in [-0.4, -0.2) is 12.6 Å². The molecule has 88 valence electrons. The maximum Gasteiger partial charge on any atom is 0.0116 e. The first-order valence-electron chi connectivity index (χ1n) is 6.34. The van der Waals surface area contributed by atoms with E-state index in [2.05, 4.69) is 26.1 Å². The molecule has 0 aromatic carbocycles. The smallest absolute Gasteiger partial charge is 0.0116 e. The monoisotopic (exact) mass is 201 g/mol. The van der Waals surface area contributed by atoms with Crippen LogP contribution in [0.25, 0.3) is 0 Å². The minimum Gasteiger partial charge on any atom is -0.313 e. The molecule has 1 aliphatic heterocycles. The summed E-state index contributed by atoms with van der Waals surface area (Å²) in [5.74, 6) is 0. The van der Waals surface area contributed by atoms with Crippen LogP contribution in [0.1, 0.15) is 67.7 Å². The van der Waals surface area contributed by atoms with Gasteiger partial charge < -0.3 is 5.32 Å². The Balaban J connectivity index is 0. The summed E-state index contributed by atoms with van der Waals surface area (Å²) in [5, 5.41) is 3.56. The fourth-order valence-electron chi connectivity index (χ4n) is 1.59. The molecule has 1 atom stereocenters. The highest BCUT2D eigenvalue weighted by Crippen LogP contribution is 2.25. The van der Waals surface area contributed by atoms with Gasteiger partial charge in [0.2, 0.25) is 0 Å². The van der Waals surface area contributed by atoms with E-state index >= 15 is 0 Å². The highest BCUT2D eigenvalue weighted by molar-refractivity contribution is 4.82. The summed E-state index contributed by atoms with van der Waals surface area (Å²) in [6.07, 6.45) is 4.14. The highest BCUT2D eigenvalue weighted by Gasteiger charge is 2.25. The van der Waals surface area contributed by atoms with Crippen LogP contribution in [0, 0.1) is 5.41 Å². The fraction of sp³-hybridized carbons (Fsp3) is 1.00. The Morgan fingerprint density at radius 3 is 1.64 bits per heavy atom. The lowest BCUT2D eigenvalue weighted by molar-refractivity contribution is 0.226. The van der Waals surface area contributed by atoms with Gasteiger partial charge in [-0.2, -0.15) is 0 Å². The topological polar surface area (TPSA) is 12.0 Å². The molecule has 0 radical (unpaired) electrons. The van der Waals surface area contributed by atoms with Gasteiger partial charge in [-0.15, -0.1) is 0 Å². The Kier molecular flexibility index (Phi) is 11.1. The quantitative estimate of drug-likeness (QED) is 0.618. The van der Waals surface area contributed by atoms with Gasteiger partial charge in [0, 0.05) is 6.04 Å². The maximum atomic E-state index is 3.56. The summed E-state index contributed by atoms with van der Waals surface area (Å²) in [4.78, 5) is 0. The largest absolute Gasteiger partial charge is 0.313 e. The van der Waals surface area contributed by atoms with Crippen molar-refractivity contribution in [2.24, 2.45) is 5.41 Å². The van der Waals surface area contributed by atoms with Crippen molar-refractivity contribution in [2.45, 2.75) is 73.8 Å². The van der Waals surface area contributed by atoms with E-state index in [1.807, 2.05) is 27.7 Å². The molecule has 1 heterocycles. The lowest BCUT2D eigenvalue weighted by Crippen LogP contribution is -2.43. The average molecular weight is 201 g/mol. The van der Waals surface area contributed by atoms with Crippen molar-refractivity contribution in [1.29, 1.82) is 0 Å². The van der Waals surface area contributed by atoms with Crippen molar-refractivity contribution in [3.8, 4) is 0 Å². The van der Waals surface area contributed by atoms with Crippen molar-refractivity contribution < 1.29 is 0 Å². The zero-order chi connectivity index (χ0) is 11.6. The Bertz CT molecular complexity index is 96.3. The zero-order valence-electron chi connectivity index (χ0n) is 11.4. The van der Waals surface area contributed by atoms with Crippen LogP contribution in [0.15, 0.2) is 0 Å². The van der Waals surface area contributed by atoms with E-state index in [-0.39, 0.29) is 0 Å². The van der Waals surface area contributed by atoms with Gasteiger partial charge in [0.15, 0.2) is 0 Å². The maximum absolute atomic E-state index is 3.56. The van der Waals surface area contributed by atoms with Gasteiger partial charge in [0.25, 0.3) is 0 Å². The van der Waals surface area contributed by atoms with Crippen LogP contribution >= 0.6 is 0 Å². The van der Waals surface area contributed by atoms with E-state index in [0.29, 0.717) is 5.41 Å². The predicted molar refractivity (Wildman–Crippen MR) is 67.8 cm³/mol. The molecule has 0 spiro atoms. The Morgan fingerprint density at radius 2 is 1.43 bits per heavy atom. The van der Waals surface area contributed by atoms with Crippen LogP contribution in [0.5, 0.6) is 0 Å². The first-order chi connectivity index (χ1) is 6.61. The van der Waals surface area contributed by atoms with Gasteiger partial charge in [0.05, 0.1) is 0 Å². The number of nitrogens with one attached hydrogen (secondary N) is 1. The third kappa shape index (κ3) is 7.37. The molecule has 1 nitrogen and oxygen atoms in total. The molecule has 0 aromatic heterocycles. The van der Waals surface area contributed by atoms with Crippen LogP contribution in [-0.2, 0) is 0 Å². The third-order valence-electron chi connectivity index (χ3n) is 2.36. The summed E-state index contributed by atoms with van der Waals surface area (Å²) < 4.78 is 0. The standard InChI is InChI=1S/C9H19N.2C2H6/c1-9(2,3)8-6-4-5-7-10-8;2*1-2/h8,10H,4-7H2,1-3H3;2*1-2H3. The van der Waals surface area contributed by atoms with E-state index in [1.165, 1.54) is 25.8 Å². The first-order valence-corrected chi connectivity index (χ1v) is 6.34. The zero-order valence-corrected chi connectivity index (χ0v) is 11.4. The molecule has 1 N–H and O–H groups in total. The van der Waals surface area contributed by atoms with Crippen LogP contribution in [0.2, 0.25) is 0 Å². The number of hydrogen-bond acceptors (Lipinski definition) is 1. The van der Waals surface area contributed by atoms with Gasteiger partial charge >= 0.3 is 0 Å². The number of rotatable bonds is 0. The van der Waals surface area contributed by atoms with Gasteiger partial charge in [-0.05, 0) is 24.8 Å². The molecular formula is C13H31N. The van der Waals surface area contributed by atoms with Gasteiger partial charge in [-0.25, -0.2) is 0 Å². The second-order valence-electron chi connectivity index (χ2n) is 4.37. The Hall–Kier alpha value is -0.0400. The van der Waals surface area contributed by atoms with Crippen LogP contribution in [0.3, 0.4) is 0 Å². The number of hydrogen-bond donors (Lipinski definition) is 1. The molecule has 1 fully saturated rings. The number of piperidine rings is 1. The van der Waals surface area contributed by atoms with Gasteiger partial charge in [-0.1, -0.05) is 54.9 Å². The van der Waals surface area contributed by atoms with Gasteiger partial charge in [0.1, 0.15) is 0 Å². The lowest BCUT2D eigenvalue weighted by Gasteiger charge is -2.34. The van der Waals surface area contributed by atoms with E-state index in [9.17, 15) is 0 Å². The first kappa shape index (κ1) is 16.4. The molecule has 0 aromatic rings. The van der Waals surface area contributed by atoms with Crippen molar-refractivity contribution >= 4 is 0 Å². The molecule has 0 aliphatic carbocycles. The summed E-state index contributed by atoms with van der Waals surface area (Å²) in [6.45, 7) is 16.2. The van der Waals surface area contributed by atoms with E-state index in [1.54, 1.807) is 0 Å². The molecule has 1 unspecified atom stereocenters. The second-order valence-corrected chi connectivity index (χ2v) is 4.37. The lowest BCUT2D eigenvalue weighted by atomic mass is 9.82.